The number of carbonyl (C=O) groups is 2. The van der Waals surface area contributed by atoms with Crippen molar-refractivity contribution >= 4 is 11.7 Å². The standard InChI is InChI=1S/C14H20N2O2/c1-10(2)14(18)12-5-6-16(8-12)9-13(17)15-7-11-3-4-11/h5-6,8,10-11H,3-4,7,9H2,1-2H3,(H,15,17). The normalized spacial score (nSPS) is 14.8. The van der Waals surface area contributed by atoms with E-state index in [1.807, 2.05) is 13.8 Å². The Bertz CT molecular complexity index is 444. The van der Waals surface area contributed by atoms with E-state index in [2.05, 4.69) is 5.32 Å². The van der Waals surface area contributed by atoms with E-state index in [1.165, 1.54) is 12.8 Å². The Morgan fingerprint density at radius 2 is 2.17 bits per heavy atom. The fourth-order valence-electron chi connectivity index (χ4n) is 1.82. The maximum Gasteiger partial charge on any atom is 0.239 e. The SMILES string of the molecule is CC(C)C(=O)c1ccn(CC(=O)NCC2CC2)c1. The van der Waals surface area contributed by atoms with Gasteiger partial charge < -0.3 is 9.88 Å². The minimum atomic E-state index is -0.00968. The van der Waals surface area contributed by atoms with E-state index in [0.29, 0.717) is 11.5 Å². The third kappa shape index (κ3) is 3.45. The van der Waals surface area contributed by atoms with Crippen LogP contribution in [0.15, 0.2) is 18.5 Å². The number of amides is 1. The number of nitrogens with zero attached hydrogens (tertiary/aromatic N) is 1. The van der Waals surface area contributed by atoms with Gasteiger partial charge in [0.15, 0.2) is 5.78 Å². The third-order valence-electron chi connectivity index (χ3n) is 3.17. The molecule has 1 saturated carbocycles. The van der Waals surface area contributed by atoms with Crippen molar-refractivity contribution in [2.24, 2.45) is 11.8 Å². The van der Waals surface area contributed by atoms with Crippen LogP contribution >= 0.6 is 0 Å². The quantitative estimate of drug-likeness (QED) is 0.781. The minimum Gasteiger partial charge on any atom is -0.354 e. The zero-order valence-corrected chi connectivity index (χ0v) is 11.0. The van der Waals surface area contributed by atoms with Gasteiger partial charge in [-0.1, -0.05) is 13.8 Å². The number of Topliss-reactive ketones (excluding diaryl/α,β-unsaturated/α-hetero) is 1. The average Bonchev–Trinajstić information content (AvgIpc) is 3.05. The van der Waals surface area contributed by atoms with Gasteiger partial charge in [-0.2, -0.15) is 0 Å². The molecule has 4 heteroatoms. The molecule has 0 unspecified atom stereocenters. The van der Waals surface area contributed by atoms with E-state index in [-0.39, 0.29) is 24.2 Å². The zero-order valence-electron chi connectivity index (χ0n) is 11.0. The van der Waals surface area contributed by atoms with Crippen molar-refractivity contribution < 1.29 is 9.59 Å². The van der Waals surface area contributed by atoms with Gasteiger partial charge in [0.05, 0.1) is 0 Å². The highest BCUT2D eigenvalue weighted by Gasteiger charge is 2.21. The topological polar surface area (TPSA) is 51.1 Å². The first kappa shape index (κ1) is 12.9. The number of rotatable bonds is 6. The predicted octanol–water partition coefficient (Wildman–Crippen LogP) is 1.85. The molecule has 0 saturated heterocycles. The van der Waals surface area contributed by atoms with Crippen molar-refractivity contribution in [2.45, 2.75) is 33.2 Å². The first-order valence-corrected chi connectivity index (χ1v) is 6.53. The maximum absolute atomic E-state index is 11.8. The smallest absolute Gasteiger partial charge is 0.239 e. The van der Waals surface area contributed by atoms with Gasteiger partial charge in [-0.05, 0) is 24.8 Å². The molecule has 0 spiro atoms. The van der Waals surface area contributed by atoms with Gasteiger partial charge in [0.1, 0.15) is 6.54 Å². The minimum absolute atomic E-state index is 0.00968. The van der Waals surface area contributed by atoms with E-state index in [1.54, 1.807) is 23.0 Å². The van der Waals surface area contributed by atoms with E-state index < -0.39 is 0 Å². The van der Waals surface area contributed by atoms with Gasteiger partial charge in [0, 0.05) is 30.4 Å². The molecule has 0 aromatic carbocycles. The van der Waals surface area contributed by atoms with Crippen molar-refractivity contribution in [2.75, 3.05) is 6.54 Å². The summed E-state index contributed by atoms with van der Waals surface area (Å²) in [5.41, 5.74) is 0.681. The fraction of sp³-hybridized carbons (Fsp3) is 0.571. The summed E-state index contributed by atoms with van der Waals surface area (Å²) in [6.45, 7) is 4.83. The van der Waals surface area contributed by atoms with Crippen molar-refractivity contribution in [1.82, 2.24) is 9.88 Å². The average molecular weight is 248 g/mol. The maximum atomic E-state index is 11.8. The molecule has 18 heavy (non-hydrogen) atoms. The second-order valence-electron chi connectivity index (χ2n) is 5.34. The number of aromatic nitrogens is 1. The van der Waals surface area contributed by atoms with Crippen LogP contribution in [0.4, 0.5) is 0 Å². The second-order valence-corrected chi connectivity index (χ2v) is 5.34. The molecular formula is C14H20N2O2. The van der Waals surface area contributed by atoms with Crippen molar-refractivity contribution in [3.05, 3.63) is 24.0 Å². The highest BCUT2D eigenvalue weighted by molar-refractivity contribution is 5.97. The molecule has 0 aliphatic heterocycles. The Balaban J connectivity index is 1.85. The summed E-state index contributed by atoms with van der Waals surface area (Å²) in [7, 11) is 0. The van der Waals surface area contributed by atoms with Crippen LogP contribution in [0.1, 0.15) is 37.0 Å². The molecule has 1 aromatic rings. The van der Waals surface area contributed by atoms with E-state index in [9.17, 15) is 9.59 Å². The lowest BCUT2D eigenvalue weighted by molar-refractivity contribution is -0.121. The molecule has 1 aliphatic carbocycles. The molecule has 1 amide bonds. The lowest BCUT2D eigenvalue weighted by Crippen LogP contribution is -2.28. The molecule has 98 valence electrons. The Hall–Kier alpha value is -1.58. The van der Waals surface area contributed by atoms with Crippen LogP contribution in [-0.4, -0.2) is 22.8 Å². The molecule has 0 atom stereocenters. The van der Waals surface area contributed by atoms with Gasteiger partial charge in [-0.15, -0.1) is 0 Å². The summed E-state index contributed by atoms with van der Waals surface area (Å²) in [6.07, 6.45) is 6.00. The van der Waals surface area contributed by atoms with Crippen molar-refractivity contribution in [3.63, 3.8) is 0 Å². The van der Waals surface area contributed by atoms with Crippen LogP contribution in [0.2, 0.25) is 0 Å². The molecule has 1 aromatic heterocycles. The van der Waals surface area contributed by atoms with Crippen LogP contribution in [0.3, 0.4) is 0 Å². The number of ketones is 1. The molecule has 1 fully saturated rings. The first-order chi connectivity index (χ1) is 8.56. The molecule has 2 rings (SSSR count). The highest BCUT2D eigenvalue weighted by atomic mass is 16.2. The first-order valence-electron chi connectivity index (χ1n) is 6.53. The molecule has 4 nitrogen and oxygen atoms in total. The number of hydrogen-bond acceptors (Lipinski definition) is 2. The predicted molar refractivity (Wildman–Crippen MR) is 69.3 cm³/mol. The number of carbonyl (C=O) groups excluding carboxylic acids is 2. The largest absolute Gasteiger partial charge is 0.354 e. The van der Waals surface area contributed by atoms with Gasteiger partial charge in [-0.3, -0.25) is 9.59 Å². The lowest BCUT2D eigenvalue weighted by Gasteiger charge is -2.05. The monoisotopic (exact) mass is 248 g/mol. The summed E-state index contributed by atoms with van der Waals surface area (Å²) >= 11 is 0. The summed E-state index contributed by atoms with van der Waals surface area (Å²) < 4.78 is 1.76. The summed E-state index contributed by atoms with van der Waals surface area (Å²) in [4.78, 5) is 23.4. The zero-order chi connectivity index (χ0) is 13.1. The Morgan fingerprint density at radius 1 is 1.44 bits per heavy atom. The van der Waals surface area contributed by atoms with Crippen LogP contribution < -0.4 is 5.32 Å². The van der Waals surface area contributed by atoms with E-state index in [4.69, 9.17) is 0 Å². The van der Waals surface area contributed by atoms with Crippen LogP contribution in [0.5, 0.6) is 0 Å². The molecule has 1 N–H and O–H groups in total. The molecule has 0 radical (unpaired) electrons. The second kappa shape index (κ2) is 5.38. The van der Waals surface area contributed by atoms with Gasteiger partial charge >= 0.3 is 0 Å². The van der Waals surface area contributed by atoms with Crippen molar-refractivity contribution in [3.8, 4) is 0 Å². The van der Waals surface area contributed by atoms with E-state index in [0.717, 1.165) is 6.54 Å². The Labute approximate surface area is 107 Å². The Kier molecular flexibility index (Phi) is 3.84. The van der Waals surface area contributed by atoms with Crippen LogP contribution in [0, 0.1) is 11.8 Å². The van der Waals surface area contributed by atoms with Gasteiger partial charge in [0.25, 0.3) is 0 Å². The molecule has 1 heterocycles. The molecule has 1 aliphatic rings. The van der Waals surface area contributed by atoms with Crippen LogP contribution in [0.25, 0.3) is 0 Å². The summed E-state index contributed by atoms with van der Waals surface area (Å²) in [6, 6.07) is 1.77. The summed E-state index contributed by atoms with van der Waals surface area (Å²) in [5, 5.41) is 2.91. The number of hydrogen-bond donors (Lipinski definition) is 1. The van der Waals surface area contributed by atoms with Crippen LogP contribution in [-0.2, 0) is 11.3 Å². The fourth-order valence-corrected chi connectivity index (χ4v) is 1.82. The van der Waals surface area contributed by atoms with E-state index >= 15 is 0 Å². The van der Waals surface area contributed by atoms with Gasteiger partial charge in [0.2, 0.25) is 5.91 Å². The third-order valence-corrected chi connectivity index (χ3v) is 3.17. The highest BCUT2D eigenvalue weighted by Crippen LogP contribution is 2.27. The van der Waals surface area contributed by atoms with Gasteiger partial charge in [-0.25, -0.2) is 0 Å². The lowest BCUT2D eigenvalue weighted by atomic mass is 10.0. The number of nitrogens with one attached hydrogen (secondary N) is 1. The molecular weight excluding hydrogens is 228 g/mol. The molecule has 0 bridgehead atoms. The summed E-state index contributed by atoms with van der Waals surface area (Å²) in [5.74, 6) is 0.814. The van der Waals surface area contributed by atoms with Crippen molar-refractivity contribution in [1.29, 1.82) is 0 Å². The Morgan fingerprint density at radius 3 is 2.78 bits per heavy atom.